The fourth-order valence-electron chi connectivity index (χ4n) is 5.01. The number of piperazine rings is 1. The molecule has 2 aliphatic carbocycles. The maximum Gasteiger partial charge on any atom is 0.225 e. The second-order valence-corrected chi connectivity index (χ2v) is 10.0. The molecule has 3 fully saturated rings. The molecule has 0 radical (unpaired) electrons. The standard InChI is InChI=1S/C26H29ClN4O/c27-22-9-6-19(7-10-22)25-23(31-16-21(18-4-5-18)8-11-24(31)28-25)17-29-12-14-30(15-13-29)26(32)20-2-1-3-20/h6-11,16,18,20H,1-5,12-15,17H2. The van der Waals surface area contributed by atoms with Crippen LogP contribution in [0.25, 0.3) is 16.9 Å². The summed E-state index contributed by atoms with van der Waals surface area (Å²) in [6.07, 6.45) is 8.24. The van der Waals surface area contributed by atoms with E-state index in [1.165, 1.54) is 30.5 Å². The molecular weight excluding hydrogens is 420 g/mol. The number of carbonyl (C=O) groups is 1. The summed E-state index contributed by atoms with van der Waals surface area (Å²) in [6.45, 7) is 4.31. The van der Waals surface area contributed by atoms with Crippen molar-refractivity contribution in [2.45, 2.75) is 44.6 Å². The number of imidazole rings is 1. The average molecular weight is 449 g/mol. The Labute approximate surface area is 194 Å². The highest BCUT2D eigenvalue weighted by atomic mass is 35.5. The van der Waals surface area contributed by atoms with Crippen molar-refractivity contribution >= 4 is 23.2 Å². The first-order valence-corrected chi connectivity index (χ1v) is 12.3. The van der Waals surface area contributed by atoms with Crippen molar-refractivity contribution < 1.29 is 4.79 Å². The van der Waals surface area contributed by atoms with E-state index in [1.54, 1.807) is 0 Å². The highest BCUT2D eigenvalue weighted by Gasteiger charge is 2.31. The van der Waals surface area contributed by atoms with Gasteiger partial charge in [-0.25, -0.2) is 4.98 Å². The number of benzene rings is 1. The van der Waals surface area contributed by atoms with Crippen LogP contribution in [0.15, 0.2) is 42.6 Å². The van der Waals surface area contributed by atoms with Gasteiger partial charge in [0.2, 0.25) is 5.91 Å². The molecule has 1 aliphatic heterocycles. The SMILES string of the molecule is O=C(C1CCC1)N1CCN(Cc2c(-c3ccc(Cl)cc3)nc3ccc(C4CC4)cn23)CC1. The molecular formula is C26H29ClN4O. The maximum atomic E-state index is 12.6. The van der Waals surface area contributed by atoms with Crippen molar-refractivity contribution in [3.63, 3.8) is 0 Å². The molecule has 2 saturated carbocycles. The number of aromatic nitrogens is 2. The Morgan fingerprint density at radius 1 is 0.969 bits per heavy atom. The molecule has 3 heterocycles. The first-order valence-electron chi connectivity index (χ1n) is 11.9. The molecule has 0 atom stereocenters. The summed E-state index contributed by atoms with van der Waals surface area (Å²) in [7, 11) is 0. The quantitative estimate of drug-likeness (QED) is 0.553. The molecule has 32 heavy (non-hydrogen) atoms. The van der Waals surface area contributed by atoms with Gasteiger partial charge in [0.25, 0.3) is 0 Å². The van der Waals surface area contributed by atoms with Crippen molar-refractivity contribution in [3.8, 4) is 11.3 Å². The van der Waals surface area contributed by atoms with Gasteiger partial charge in [0.05, 0.1) is 11.4 Å². The Morgan fingerprint density at radius 2 is 1.72 bits per heavy atom. The Hall–Kier alpha value is -2.37. The minimum atomic E-state index is 0.290. The van der Waals surface area contributed by atoms with Gasteiger partial charge in [-0.15, -0.1) is 0 Å². The van der Waals surface area contributed by atoms with Gasteiger partial charge in [0.1, 0.15) is 5.65 Å². The Balaban J connectivity index is 1.28. The van der Waals surface area contributed by atoms with Crippen LogP contribution in [0.2, 0.25) is 5.02 Å². The summed E-state index contributed by atoms with van der Waals surface area (Å²) in [5.74, 6) is 1.37. The van der Waals surface area contributed by atoms with Crippen LogP contribution in [0.3, 0.4) is 0 Å². The molecule has 6 rings (SSSR count). The van der Waals surface area contributed by atoms with E-state index in [-0.39, 0.29) is 5.92 Å². The molecule has 166 valence electrons. The van der Waals surface area contributed by atoms with Crippen molar-refractivity contribution in [3.05, 3.63) is 58.9 Å². The number of halogens is 1. The third-order valence-corrected chi connectivity index (χ3v) is 7.67. The van der Waals surface area contributed by atoms with Gasteiger partial charge in [-0.1, -0.05) is 36.2 Å². The molecule has 3 aliphatic rings. The van der Waals surface area contributed by atoms with Gasteiger partial charge in [-0.2, -0.15) is 0 Å². The van der Waals surface area contributed by atoms with Crippen LogP contribution in [0.5, 0.6) is 0 Å². The van der Waals surface area contributed by atoms with Crippen LogP contribution in [-0.2, 0) is 11.3 Å². The first kappa shape index (κ1) is 20.3. The summed E-state index contributed by atoms with van der Waals surface area (Å²) >= 11 is 6.15. The van der Waals surface area contributed by atoms with E-state index in [0.29, 0.717) is 11.8 Å². The van der Waals surface area contributed by atoms with E-state index in [1.807, 2.05) is 12.1 Å². The molecule has 2 aromatic heterocycles. The third kappa shape index (κ3) is 3.82. The molecule has 0 N–H and O–H groups in total. The number of rotatable bonds is 5. The number of hydrogen-bond donors (Lipinski definition) is 0. The molecule has 1 saturated heterocycles. The molecule has 3 aromatic rings. The fraction of sp³-hybridized carbons (Fsp3) is 0.462. The van der Waals surface area contributed by atoms with Crippen LogP contribution in [0.4, 0.5) is 0 Å². The van der Waals surface area contributed by atoms with Gasteiger partial charge in [0, 0.05) is 55.4 Å². The van der Waals surface area contributed by atoms with E-state index in [0.717, 1.165) is 67.5 Å². The average Bonchev–Trinajstić information content (AvgIpc) is 3.56. The summed E-state index contributed by atoms with van der Waals surface area (Å²) in [5, 5.41) is 0.738. The highest BCUT2D eigenvalue weighted by Crippen LogP contribution is 2.40. The zero-order valence-corrected chi connectivity index (χ0v) is 19.1. The van der Waals surface area contributed by atoms with E-state index in [2.05, 4.69) is 44.7 Å². The predicted molar refractivity (Wildman–Crippen MR) is 127 cm³/mol. The van der Waals surface area contributed by atoms with Crippen molar-refractivity contribution in [1.82, 2.24) is 19.2 Å². The summed E-state index contributed by atoms with van der Waals surface area (Å²) in [5.41, 5.74) is 5.76. The van der Waals surface area contributed by atoms with Gasteiger partial charge in [-0.05, 0) is 55.4 Å². The van der Waals surface area contributed by atoms with Crippen LogP contribution in [0, 0.1) is 5.92 Å². The zero-order chi connectivity index (χ0) is 21.7. The molecule has 6 heteroatoms. The lowest BCUT2D eigenvalue weighted by Gasteiger charge is -2.38. The third-order valence-electron chi connectivity index (χ3n) is 7.42. The summed E-state index contributed by atoms with van der Waals surface area (Å²) in [4.78, 5) is 22.2. The number of carbonyl (C=O) groups excluding carboxylic acids is 1. The van der Waals surface area contributed by atoms with Crippen LogP contribution >= 0.6 is 11.6 Å². The monoisotopic (exact) mass is 448 g/mol. The zero-order valence-electron chi connectivity index (χ0n) is 18.3. The summed E-state index contributed by atoms with van der Waals surface area (Å²) in [6, 6.07) is 12.4. The molecule has 1 amide bonds. The molecule has 5 nitrogen and oxygen atoms in total. The molecule has 1 aromatic carbocycles. The lowest BCUT2D eigenvalue weighted by molar-refractivity contribution is -0.140. The second kappa shape index (κ2) is 8.20. The number of fused-ring (bicyclic) bond motifs is 1. The minimum Gasteiger partial charge on any atom is -0.340 e. The topological polar surface area (TPSA) is 40.9 Å². The second-order valence-electron chi connectivity index (χ2n) is 9.61. The molecule has 0 spiro atoms. The largest absolute Gasteiger partial charge is 0.340 e. The highest BCUT2D eigenvalue weighted by molar-refractivity contribution is 6.30. The Morgan fingerprint density at radius 3 is 2.38 bits per heavy atom. The summed E-state index contributed by atoms with van der Waals surface area (Å²) < 4.78 is 2.30. The van der Waals surface area contributed by atoms with E-state index < -0.39 is 0 Å². The predicted octanol–water partition coefficient (Wildman–Crippen LogP) is 4.98. The molecule has 0 bridgehead atoms. The van der Waals surface area contributed by atoms with Crippen LogP contribution < -0.4 is 0 Å². The fourth-order valence-corrected chi connectivity index (χ4v) is 5.14. The van der Waals surface area contributed by atoms with Crippen molar-refractivity contribution in [1.29, 1.82) is 0 Å². The number of amides is 1. The number of hydrogen-bond acceptors (Lipinski definition) is 3. The van der Waals surface area contributed by atoms with E-state index in [9.17, 15) is 4.79 Å². The van der Waals surface area contributed by atoms with Gasteiger partial charge < -0.3 is 9.30 Å². The number of nitrogens with zero attached hydrogens (tertiary/aromatic N) is 4. The van der Waals surface area contributed by atoms with Gasteiger partial charge in [0.15, 0.2) is 0 Å². The normalized spacial score (nSPS) is 20.0. The van der Waals surface area contributed by atoms with Crippen LogP contribution in [-0.4, -0.2) is 51.3 Å². The van der Waals surface area contributed by atoms with Crippen molar-refractivity contribution in [2.24, 2.45) is 5.92 Å². The minimum absolute atomic E-state index is 0.290. The number of pyridine rings is 1. The lowest BCUT2D eigenvalue weighted by atomic mass is 9.84. The lowest BCUT2D eigenvalue weighted by Crippen LogP contribution is -2.50. The van der Waals surface area contributed by atoms with E-state index in [4.69, 9.17) is 16.6 Å². The first-order chi connectivity index (χ1) is 15.7. The molecule has 0 unspecified atom stereocenters. The van der Waals surface area contributed by atoms with Crippen LogP contribution in [0.1, 0.15) is 49.3 Å². The Kier molecular flexibility index (Phi) is 5.19. The van der Waals surface area contributed by atoms with Gasteiger partial charge >= 0.3 is 0 Å². The maximum absolute atomic E-state index is 12.6. The smallest absolute Gasteiger partial charge is 0.225 e. The van der Waals surface area contributed by atoms with Gasteiger partial charge in [-0.3, -0.25) is 9.69 Å². The van der Waals surface area contributed by atoms with Crippen molar-refractivity contribution in [2.75, 3.05) is 26.2 Å². The Bertz CT molecular complexity index is 1140. The van der Waals surface area contributed by atoms with E-state index >= 15 is 0 Å².